The third-order valence-electron chi connectivity index (χ3n) is 2.53. The fraction of sp³-hybridized carbons (Fsp3) is 0.385. The number of likely N-dealkylation sites (N-methyl/N-ethyl adjacent to an activating group) is 1. The first-order valence-corrected chi connectivity index (χ1v) is 5.07. The van der Waals surface area contributed by atoms with Crippen LogP contribution in [-0.2, 0) is 0 Å². The Kier molecular flexibility index (Phi) is 3.92. The van der Waals surface area contributed by atoms with Crippen LogP contribution in [0.25, 0.3) is 0 Å². The zero-order valence-corrected chi connectivity index (χ0v) is 9.92. The third-order valence-corrected chi connectivity index (χ3v) is 2.53. The topological polar surface area (TPSA) is 21.3 Å². The molecule has 1 atom stereocenters. The molecule has 0 bridgehead atoms. The maximum atomic E-state index is 5.23. The minimum Gasteiger partial charge on any atom is -0.496 e. The van der Waals surface area contributed by atoms with Crippen LogP contribution in [0.2, 0.25) is 0 Å². The van der Waals surface area contributed by atoms with E-state index in [1.807, 2.05) is 27.0 Å². The molecule has 15 heavy (non-hydrogen) atoms. The van der Waals surface area contributed by atoms with E-state index in [9.17, 15) is 0 Å². The Balaban J connectivity index is 3.05. The van der Waals surface area contributed by atoms with Gasteiger partial charge in [0, 0.05) is 0 Å². The highest BCUT2D eigenvalue weighted by Crippen LogP contribution is 2.25. The van der Waals surface area contributed by atoms with Gasteiger partial charge in [0.2, 0.25) is 0 Å². The van der Waals surface area contributed by atoms with Crippen LogP contribution in [0.15, 0.2) is 30.4 Å². The lowest BCUT2D eigenvalue weighted by Gasteiger charge is -2.18. The van der Waals surface area contributed by atoms with Gasteiger partial charge in [-0.2, -0.15) is 0 Å². The van der Waals surface area contributed by atoms with Crippen LogP contribution in [0.5, 0.6) is 5.75 Å². The van der Waals surface area contributed by atoms with Crippen molar-refractivity contribution in [2.45, 2.75) is 19.9 Å². The highest BCUT2D eigenvalue weighted by Gasteiger charge is 2.10. The normalized spacial score (nSPS) is 12.3. The molecule has 0 aliphatic carbocycles. The van der Waals surface area contributed by atoms with Crippen molar-refractivity contribution in [2.24, 2.45) is 0 Å². The number of methoxy groups -OCH3 is 1. The van der Waals surface area contributed by atoms with Gasteiger partial charge in [0.1, 0.15) is 5.75 Å². The van der Waals surface area contributed by atoms with E-state index in [0.717, 1.165) is 16.9 Å². The molecule has 0 fully saturated rings. The van der Waals surface area contributed by atoms with Crippen molar-refractivity contribution in [2.75, 3.05) is 14.2 Å². The van der Waals surface area contributed by atoms with Gasteiger partial charge in [-0.15, -0.1) is 0 Å². The second-order valence-corrected chi connectivity index (χ2v) is 3.80. The zero-order chi connectivity index (χ0) is 11.4. The number of rotatable bonds is 4. The summed E-state index contributed by atoms with van der Waals surface area (Å²) in [5.74, 6) is 0.926. The molecule has 0 aromatic heterocycles. The molecule has 1 rings (SSSR count). The number of nitrogens with one attached hydrogen (secondary N) is 1. The first kappa shape index (κ1) is 11.8. The highest BCUT2D eigenvalue weighted by molar-refractivity contribution is 5.39. The Bertz CT molecular complexity index is 358. The standard InChI is InChI=1S/C13H19NO/c1-9(2)13(14-4)11-6-7-12(15-5)10(3)8-11/h6-8,13-14H,1H2,2-5H3. The Morgan fingerprint density at radius 2 is 2.13 bits per heavy atom. The van der Waals surface area contributed by atoms with Gasteiger partial charge in [0.05, 0.1) is 13.2 Å². The van der Waals surface area contributed by atoms with Crippen LogP contribution in [0.3, 0.4) is 0 Å². The molecule has 0 saturated heterocycles. The summed E-state index contributed by atoms with van der Waals surface area (Å²) in [7, 11) is 3.63. The van der Waals surface area contributed by atoms with Gasteiger partial charge in [-0.1, -0.05) is 24.3 Å². The first-order chi connectivity index (χ1) is 7.10. The molecule has 0 aliphatic heterocycles. The molecule has 2 heteroatoms. The molecule has 82 valence electrons. The number of benzene rings is 1. The van der Waals surface area contributed by atoms with Crippen LogP contribution in [0, 0.1) is 6.92 Å². The van der Waals surface area contributed by atoms with Crippen molar-refractivity contribution in [3.63, 3.8) is 0 Å². The summed E-state index contributed by atoms with van der Waals surface area (Å²) >= 11 is 0. The van der Waals surface area contributed by atoms with E-state index in [-0.39, 0.29) is 6.04 Å². The smallest absolute Gasteiger partial charge is 0.121 e. The number of ether oxygens (including phenoxy) is 1. The van der Waals surface area contributed by atoms with E-state index >= 15 is 0 Å². The molecular formula is C13H19NO. The minimum absolute atomic E-state index is 0.217. The van der Waals surface area contributed by atoms with Crippen LogP contribution < -0.4 is 10.1 Å². The van der Waals surface area contributed by atoms with Crippen LogP contribution in [0.1, 0.15) is 24.1 Å². The van der Waals surface area contributed by atoms with E-state index in [4.69, 9.17) is 4.74 Å². The van der Waals surface area contributed by atoms with Crippen molar-refractivity contribution in [1.29, 1.82) is 0 Å². The Morgan fingerprint density at radius 1 is 1.47 bits per heavy atom. The first-order valence-electron chi connectivity index (χ1n) is 5.07. The summed E-state index contributed by atoms with van der Waals surface area (Å²) in [6.07, 6.45) is 0. The average Bonchev–Trinajstić information content (AvgIpc) is 2.18. The zero-order valence-electron chi connectivity index (χ0n) is 9.92. The molecule has 0 radical (unpaired) electrons. The van der Waals surface area contributed by atoms with Gasteiger partial charge in [0.25, 0.3) is 0 Å². The fourth-order valence-electron chi connectivity index (χ4n) is 1.78. The quantitative estimate of drug-likeness (QED) is 0.763. The predicted molar refractivity (Wildman–Crippen MR) is 64.3 cm³/mol. The lowest BCUT2D eigenvalue weighted by Crippen LogP contribution is -2.17. The molecule has 0 saturated carbocycles. The molecule has 0 spiro atoms. The number of aryl methyl sites for hydroxylation is 1. The molecule has 0 amide bonds. The van der Waals surface area contributed by atoms with E-state index in [1.54, 1.807) is 7.11 Å². The monoisotopic (exact) mass is 205 g/mol. The van der Waals surface area contributed by atoms with Crippen molar-refractivity contribution < 1.29 is 4.74 Å². The largest absolute Gasteiger partial charge is 0.496 e. The lowest BCUT2D eigenvalue weighted by atomic mass is 9.99. The lowest BCUT2D eigenvalue weighted by molar-refractivity contribution is 0.411. The SMILES string of the molecule is C=C(C)C(NC)c1ccc(OC)c(C)c1. The molecule has 1 N–H and O–H groups in total. The summed E-state index contributed by atoms with van der Waals surface area (Å²) in [4.78, 5) is 0. The Morgan fingerprint density at radius 3 is 2.53 bits per heavy atom. The van der Waals surface area contributed by atoms with Gasteiger partial charge in [-0.3, -0.25) is 0 Å². The van der Waals surface area contributed by atoms with Gasteiger partial charge in [0.15, 0.2) is 0 Å². The van der Waals surface area contributed by atoms with Crippen molar-refractivity contribution in [1.82, 2.24) is 5.32 Å². The molecule has 1 aromatic rings. The van der Waals surface area contributed by atoms with Crippen molar-refractivity contribution >= 4 is 0 Å². The molecular weight excluding hydrogens is 186 g/mol. The minimum atomic E-state index is 0.217. The maximum Gasteiger partial charge on any atom is 0.121 e. The average molecular weight is 205 g/mol. The van der Waals surface area contributed by atoms with Gasteiger partial charge in [-0.25, -0.2) is 0 Å². The fourth-order valence-corrected chi connectivity index (χ4v) is 1.78. The molecule has 0 heterocycles. The number of hydrogen-bond acceptors (Lipinski definition) is 2. The Hall–Kier alpha value is -1.28. The van der Waals surface area contributed by atoms with Crippen LogP contribution >= 0.6 is 0 Å². The second kappa shape index (κ2) is 4.99. The van der Waals surface area contributed by atoms with E-state index in [2.05, 4.69) is 24.0 Å². The summed E-state index contributed by atoms with van der Waals surface area (Å²) in [6, 6.07) is 6.42. The summed E-state index contributed by atoms with van der Waals surface area (Å²) in [5.41, 5.74) is 3.49. The summed E-state index contributed by atoms with van der Waals surface area (Å²) < 4.78 is 5.23. The highest BCUT2D eigenvalue weighted by atomic mass is 16.5. The van der Waals surface area contributed by atoms with Crippen molar-refractivity contribution in [3.05, 3.63) is 41.5 Å². The molecule has 2 nitrogen and oxygen atoms in total. The molecule has 0 aliphatic rings. The number of hydrogen-bond donors (Lipinski definition) is 1. The summed E-state index contributed by atoms with van der Waals surface area (Å²) in [6.45, 7) is 8.06. The van der Waals surface area contributed by atoms with Crippen molar-refractivity contribution in [3.8, 4) is 5.75 Å². The molecule has 1 aromatic carbocycles. The van der Waals surface area contributed by atoms with Gasteiger partial charge >= 0.3 is 0 Å². The van der Waals surface area contributed by atoms with Gasteiger partial charge in [-0.05, 0) is 38.1 Å². The maximum absolute atomic E-state index is 5.23. The predicted octanol–water partition coefficient (Wildman–Crippen LogP) is 2.84. The van der Waals surface area contributed by atoms with Crippen LogP contribution in [-0.4, -0.2) is 14.2 Å². The van der Waals surface area contributed by atoms with Crippen LogP contribution in [0.4, 0.5) is 0 Å². The third kappa shape index (κ3) is 2.60. The Labute approximate surface area is 92.0 Å². The summed E-state index contributed by atoms with van der Waals surface area (Å²) in [5, 5.41) is 3.24. The van der Waals surface area contributed by atoms with E-state index in [1.165, 1.54) is 5.56 Å². The van der Waals surface area contributed by atoms with E-state index in [0.29, 0.717) is 0 Å². The van der Waals surface area contributed by atoms with Gasteiger partial charge < -0.3 is 10.1 Å². The van der Waals surface area contributed by atoms with E-state index < -0.39 is 0 Å². The molecule has 1 unspecified atom stereocenters. The second-order valence-electron chi connectivity index (χ2n) is 3.80.